The van der Waals surface area contributed by atoms with Gasteiger partial charge in [0.1, 0.15) is 23.7 Å². The second-order valence-corrected chi connectivity index (χ2v) is 23.6. The molecule has 400 valence electrons. The fourth-order valence-corrected chi connectivity index (χ4v) is 14.1. The Balaban J connectivity index is 0.849. The highest BCUT2D eigenvalue weighted by atomic mass is 32.2. The number of rotatable bonds is 12. The minimum Gasteiger partial charge on any atom is -0.379 e. The number of amides is 4. The quantitative estimate of drug-likeness (QED) is 0.0923. The largest absolute Gasteiger partial charge is 0.379 e. The van der Waals surface area contributed by atoms with E-state index in [0.29, 0.717) is 11.8 Å². The van der Waals surface area contributed by atoms with Crippen LogP contribution in [0, 0.1) is 11.8 Å². The number of carbonyl (C=O) groups excluding carboxylic acids is 4. The lowest BCUT2D eigenvalue weighted by Crippen LogP contribution is -2.55. The van der Waals surface area contributed by atoms with E-state index in [1.165, 1.54) is 33.4 Å². The van der Waals surface area contributed by atoms with E-state index in [2.05, 4.69) is 93.4 Å². The van der Waals surface area contributed by atoms with E-state index in [1.807, 2.05) is 23.6 Å². The van der Waals surface area contributed by atoms with Crippen molar-refractivity contribution < 1.29 is 28.7 Å². The predicted octanol–water partition coefficient (Wildman–Crippen LogP) is 11.3. The van der Waals surface area contributed by atoms with Crippen LogP contribution >= 0.6 is 23.5 Å². The number of carbonyl (C=O) groups is 4. The minimum absolute atomic E-state index is 0.0930. The molecule has 14 nitrogen and oxygen atoms in total. The van der Waals surface area contributed by atoms with E-state index in [9.17, 15) is 19.2 Å². The van der Waals surface area contributed by atoms with E-state index in [4.69, 9.17) is 19.4 Å². The number of hydrogen-bond donors (Lipinski definition) is 4. The highest BCUT2D eigenvalue weighted by molar-refractivity contribution is 8.13. The molecule has 76 heavy (non-hydrogen) atoms. The zero-order chi connectivity index (χ0) is 52.8. The molecule has 2 aliphatic heterocycles. The van der Waals surface area contributed by atoms with Gasteiger partial charge in [-0.3, -0.25) is 19.2 Å². The van der Waals surface area contributed by atoms with Gasteiger partial charge in [0.2, 0.25) is 11.8 Å². The number of nitrogens with zero attached hydrogens (tertiary/aromatic N) is 4. The number of likely N-dealkylation sites (tertiary alicyclic amines) is 2. The van der Waals surface area contributed by atoms with Crippen LogP contribution in [0.3, 0.4) is 0 Å². The second kappa shape index (κ2) is 22.4. The van der Waals surface area contributed by atoms with Crippen molar-refractivity contribution in [3.05, 3.63) is 107 Å². The van der Waals surface area contributed by atoms with Crippen molar-refractivity contribution in [1.82, 2.24) is 40.4 Å². The van der Waals surface area contributed by atoms with Crippen LogP contribution in [-0.2, 0) is 44.7 Å². The number of benzene rings is 4. The summed E-state index contributed by atoms with van der Waals surface area (Å²) in [6.07, 6.45) is 16.1. The molecule has 16 heteroatoms. The highest BCUT2D eigenvalue weighted by Crippen LogP contribution is 2.48. The molecule has 4 N–H and O–H groups in total. The summed E-state index contributed by atoms with van der Waals surface area (Å²) in [7, 11) is 3.17. The number of fused-ring (bicyclic) bond motifs is 4. The molecule has 14 rings (SSSR count). The van der Waals surface area contributed by atoms with E-state index in [-0.39, 0.29) is 46.5 Å². The Morgan fingerprint density at radius 2 is 1.00 bits per heavy atom. The number of H-pyrrole nitrogens is 2. The fraction of sp³-hybridized carbons (Fsp3) is 0.500. The molecule has 4 amide bonds. The van der Waals surface area contributed by atoms with Gasteiger partial charge in [-0.15, -0.1) is 0 Å². The van der Waals surface area contributed by atoms with E-state index < -0.39 is 24.3 Å². The first-order valence-electron chi connectivity index (χ1n) is 27.6. The zero-order valence-corrected chi connectivity index (χ0v) is 46.3. The average Bonchev–Trinajstić information content (AvgIpc) is 4.26. The van der Waals surface area contributed by atoms with Gasteiger partial charge in [0.15, 0.2) is 0 Å². The molecular weight excluding hydrogens is 993 g/mol. The van der Waals surface area contributed by atoms with Crippen molar-refractivity contribution in [2.24, 2.45) is 11.8 Å². The first kappa shape index (κ1) is 52.4. The predicted molar refractivity (Wildman–Crippen MR) is 302 cm³/mol. The number of nitrogens with one attached hydrogen (secondary N) is 4. The maximum atomic E-state index is 14.6. The lowest BCUT2D eigenvalue weighted by molar-refractivity contribution is -0.141. The molecule has 0 radical (unpaired) electrons. The van der Waals surface area contributed by atoms with E-state index >= 15 is 0 Å². The van der Waals surface area contributed by atoms with Crippen molar-refractivity contribution in [3.8, 4) is 22.3 Å². The Labute approximate surface area is 454 Å². The minimum atomic E-state index is -0.799. The van der Waals surface area contributed by atoms with Crippen LogP contribution in [0.1, 0.15) is 124 Å². The summed E-state index contributed by atoms with van der Waals surface area (Å²) in [6, 6.07) is 25.2. The highest BCUT2D eigenvalue weighted by Gasteiger charge is 2.50. The van der Waals surface area contributed by atoms with Gasteiger partial charge in [-0.1, -0.05) is 97.7 Å². The Morgan fingerprint density at radius 3 is 1.41 bits per heavy atom. The van der Waals surface area contributed by atoms with E-state index in [1.54, 1.807) is 26.7 Å². The van der Waals surface area contributed by atoms with E-state index in [0.717, 1.165) is 158 Å². The van der Waals surface area contributed by atoms with Gasteiger partial charge < -0.3 is 39.9 Å². The Bertz CT molecular complexity index is 2950. The molecule has 8 aliphatic rings. The van der Waals surface area contributed by atoms with Gasteiger partial charge in [-0.05, 0) is 171 Å². The monoisotopic (exact) mass is 1060 g/mol. The molecule has 0 unspecified atom stereocenters. The Hall–Kier alpha value is -5.68. The number of aromatic amines is 2. The normalized spacial score (nSPS) is 23.9. The number of methoxy groups -OCH3 is 2. The summed E-state index contributed by atoms with van der Waals surface area (Å²) < 4.78 is 11.3. The standard InChI is InChI=1S/C60H72N8O6S2/c1-33(73-3)53(65-59(71)75-5)57(69)67-49-13-9-7-11-41(49)31-51(67)55-61-45-25-23-39(29-47(45)63-55)43-27-35-15-19-37(43)21-17-36-16-20-38(22-18-35)44(28-36)40-24-26-46-48(30-40)64-56(62-46)52-32-42-12-8-10-14-50(42)68(52)58(70)54(34(2)74-4)66-60(72)76-6/h15-16,19-20,23-30,33-34,41-42,49-54H,7-14,17-18,21-22,31-32H2,1-6H3,(H,61,63)(H,62,64)(H,65,71)(H,66,72)/t33-,34-,41+,42+,49+,50+,51+,52+,53+,54+/m1/s1. The van der Waals surface area contributed by atoms with Gasteiger partial charge in [0.25, 0.3) is 10.5 Å². The maximum Gasteiger partial charge on any atom is 0.279 e. The molecular formula is C60H72N8O6S2. The second-order valence-electron chi connectivity index (χ2n) is 22.0. The molecule has 6 aliphatic carbocycles. The number of imidazole rings is 2. The number of hydrogen-bond acceptors (Lipinski definition) is 10. The molecule has 4 heterocycles. The van der Waals surface area contributed by atoms with Crippen LogP contribution in [0.5, 0.6) is 0 Å². The van der Waals surface area contributed by atoms with Gasteiger partial charge in [-0.25, -0.2) is 9.97 Å². The molecule has 2 aromatic heterocycles. The number of ether oxygens (including phenoxy) is 2. The number of aromatic nitrogens is 4. The molecule has 4 fully saturated rings. The fourth-order valence-electron chi connectivity index (χ4n) is 13.6. The average molecular weight is 1070 g/mol. The van der Waals surface area contributed by atoms with Crippen molar-refractivity contribution in [1.29, 1.82) is 0 Å². The molecule has 2 saturated carbocycles. The number of aryl methyl sites for hydroxylation is 4. The lowest BCUT2D eigenvalue weighted by Gasteiger charge is -2.37. The van der Waals surface area contributed by atoms with Crippen LogP contribution in [-0.4, -0.2) is 115 Å². The van der Waals surface area contributed by atoms with Gasteiger partial charge in [-0.2, -0.15) is 0 Å². The Morgan fingerprint density at radius 1 is 0.579 bits per heavy atom. The maximum absolute atomic E-state index is 14.6. The molecule has 10 atom stereocenters. The summed E-state index contributed by atoms with van der Waals surface area (Å²) in [6.45, 7) is 3.69. The summed E-state index contributed by atoms with van der Waals surface area (Å²) in [4.78, 5) is 76.4. The van der Waals surface area contributed by atoms with Crippen molar-refractivity contribution in [3.63, 3.8) is 0 Å². The Kier molecular flexibility index (Phi) is 15.4. The molecule has 4 aromatic carbocycles. The third-order valence-electron chi connectivity index (χ3n) is 17.8. The van der Waals surface area contributed by atoms with Crippen molar-refractivity contribution in [2.45, 2.75) is 152 Å². The van der Waals surface area contributed by atoms with Crippen molar-refractivity contribution in [2.75, 3.05) is 26.7 Å². The van der Waals surface area contributed by atoms with Gasteiger partial charge in [0.05, 0.1) is 46.4 Å². The van der Waals surface area contributed by atoms with Crippen LogP contribution in [0.2, 0.25) is 0 Å². The van der Waals surface area contributed by atoms with Gasteiger partial charge in [0, 0.05) is 26.3 Å². The SMILES string of the molecule is CO[C@H](C)[C@H](NC(=O)SC)C(=O)N1[C@H](c2nc3ccc(-c4cc5ccc4CCc4ccc(c(-c6ccc7nc([C@@H]8C[C@@H]9CCCC[C@@H]9N8C(=O)[C@@H](NC(=O)SC)[C@@H](C)OC)[nH]c7c6)c4)CC5)cc3[nH]2)C[C@@H]2CCCC[C@@H]21. The zero-order valence-electron chi connectivity index (χ0n) is 44.7. The van der Waals surface area contributed by atoms with Crippen LogP contribution in [0.25, 0.3) is 44.3 Å². The van der Waals surface area contributed by atoms with Crippen molar-refractivity contribution >= 4 is 67.9 Å². The third-order valence-corrected chi connectivity index (χ3v) is 18.8. The molecule has 0 spiro atoms. The third kappa shape index (κ3) is 10.2. The topological polar surface area (TPSA) is 175 Å². The summed E-state index contributed by atoms with van der Waals surface area (Å²) in [5, 5.41) is 5.41. The first-order valence-corrected chi connectivity index (χ1v) is 30.0. The molecule has 4 bridgehead atoms. The molecule has 6 aromatic rings. The lowest BCUT2D eigenvalue weighted by atomic mass is 9.84. The van der Waals surface area contributed by atoms with Crippen LogP contribution in [0.4, 0.5) is 9.59 Å². The summed E-state index contributed by atoms with van der Waals surface area (Å²) in [5.41, 5.74) is 13.5. The number of thioether (sulfide) groups is 2. The van der Waals surface area contributed by atoms with Gasteiger partial charge >= 0.3 is 0 Å². The smallest absolute Gasteiger partial charge is 0.279 e. The molecule has 2 saturated heterocycles. The van der Waals surface area contributed by atoms with Crippen LogP contribution in [0.15, 0.2) is 72.8 Å². The summed E-state index contributed by atoms with van der Waals surface area (Å²) >= 11 is 2.13. The van der Waals surface area contributed by atoms with Crippen LogP contribution < -0.4 is 10.6 Å². The first-order chi connectivity index (χ1) is 36.9. The summed E-state index contributed by atoms with van der Waals surface area (Å²) in [5.74, 6) is 2.13.